The maximum Gasteiger partial charge on any atom is 0.0991 e. The van der Waals surface area contributed by atoms with Crippen LogP contribution in [0.15, 0.2) is 77.7 Å². The predicted molar refractivity (Wildman–Crippen MR) is 143 cm³/mol. The van der Waals surface area contributed by atoms with E-state index < -0.39 is 16.2 Å². The molecule has 180 valence electrons. The molecule has 0 bridgehead atoms. The molecule has 0 saturated heterocycles. The van der Waals surface area contributed by atoms with E-state index in [1.165, 1.54) is 0 Å². The van der Waals surface area contributed by atoms with E-state index in [1.54, 1.807) is 6.26 Å². The van der Waals surface area contributed by atoms with Crippen molar-refractivity contribution in [3.63, 3.8) is 0 Å². The van der Waals surface area contributed by atoms with Crippen molar-refractivity contribution in [2.24, 2.45) is 5.41 Å². The van der Waals surface area contributed by atoms with E-state index in [0.717, 1.165) is 28.0 Å². The van der Waals surface area contributed by atoms with Crippen molar-refractivity contribution in [2.75, 3.05) is 6.26 Å². The molecule has 1 N–H and O–H groups in total. The summed E-state index contributed by atoms with van der Waals surface area (Å²) in [7, 11) is -1.07. The Bertz CT molecular complexity index is 1260. The Balaban J connectivity index is 1.99. The molecule has 3 rings (SSSR count). The minimum atomic E-state index is -1.07. The van der Waals surface area contributed by atoms with Gasteiger partial charge in [0.25, 0.3) is 0 Å². The van der Waals surface area contributed by atoms with Gasteiger partial charge in [-0.1, -0.05) is 48.0 Å². The van der Waals surface area contributed by atoms with Gasteiger partial charge in [-0.2, -0.15) is 10.5 Å². The Morgan fingerprint density at radius 3 is 2.23 bits per heavy atom. The Kier molecular flexibility index (Phi) is 8.87. The molecule has 4 atom stereocenters. The van der Waals surface area contributed by atoms with Crippen LogP contribution in [-0.4, -0.2) is 16.5 Å². The first-order valence-electron chi connectivity index (χ1n) is 11.5. The zero-order valence-electron chi connectivity index (χ0n) is 20.5. The normalized spacial score (nSPS) is 14.8. The summed E-state index contributed by atoms with van der Waals surface area (Å²) in [6.45, 7) is 5.97. The minimum Gasteiger partial charge on any atom is -0.305 e. The Hall–Kier alpha value is -2.96. The van der Waals surface area contributed by atoms with E-state index in [4.69, 9.17) is 11.6 Å². The number of nitrogens with zero attached hydrogens (tertiary/aromatic N) is 2. The molecular formula is C29H30ClN3OS. The lowest BCUT2D eigenvalue weighted by Gasteiger charge is -2.36. The van der Waals surface area contributed by atoms with Crippen LogP contribution in [0.5, 0.6) is 0 Å². The predicted octanol–water partition coefficient (Wildman–Crippen LogP) is 6.54. The van der Waals surface area contributed by atoms with Crippen LogP contribution >= 0.6 is 11.6 Å². The lowest BCUT2D eigenvalue weighted by Crippen LogP contribution is -2.42. The Morgan fingerprint density at radius 1 is 1.00 bits per heavy atom. The number of nitrogens with one attached hydrogen (secondary N) is 1. The van der Waals surface area contributed by atoms with Crippen LogP contribution in [0.2, 0.25) is 5.02 Å². The van der Waals surface area contributed by atoms with Gasteiger partial charge in [0, 0.05) is 38.9 Å². The summed E-state index contributed by atoms with van der Waals surface area (Å²) < 4.78 is 11.9. The lowest BCUT2D eigenvalue weighted by atomic mass is 9.79. The average molecular weight is 504 g/mol. The van der Waals surface area contributed by atoms with Crippen LogP contribution in [0, 0.1) is 28.1 Å². The minimum absolute atomic E-state index is 0.0303. The van der Waals surface area contributed by atoms with E-state index in [-0.39, 0.29) is 18.0 Å². The third-order valence-electron chi connectivity index (χ3n) is 6.40. The summed E-state index contributed by atoms with van der Waals surface area (Å²) in [6.07, 6.45) is 2.40. The number of halogens is 1. The van der Waals surface area contributed by atoms with Gasteiger partial charge in [-0.15, -0.1) is 0 Å². The van der Waals surface area contributed by atoms with E-state index in [9.17, 15) is 14.7 Å². The third-order valence-corrected chi connectivity index (χ3v) is 7.59. The molecule has 0 aliphatic heterocycles. The van der Waals surface area contributed by atoms with Gasteiger partial charge in [0.15, 0.2) is 0 Å². The molecule has 35 heavy (non-hydrogen) atoms. The zero-order valence-corrected chi connectivity index (χ0v) is 22.0. The Labute approximate surface area is 216 Å². The highest BCUT2D eigenvalue weighted by Gasteiger charge is 2.34. The summed E-state index contributed by atoms with van der Waals surface area (Å²) in [6, 6.07) is 27.6. The molecule has 0 amide bonds. The molecular weight excluding hydrogens is 474 g/mol. The van der Waals surface area contributed by atoms with E-state index in [1.807, 2.05) is 80.6 Å². The molecule has 6 heteroatoms. The van der Waals surface area contributed by atoms with Crippen molar-refractivity contribution in [1.82, 2.24) is 5.32 Å². The second kappa shape index (κ2) is 11.6. The fourth-order valence-corrected chi connectivity index (χ4v) is 4.96. The van der Waals surface area contributed by atoms with Crippen LogP contribution in [0.25, 0.3) is 0 Å². The van der Waals surface area contributed by atoms with Gasteiger partial charge in [0.1, 0.15) is 0 Å². The summed E-state index contributed by atoms with van der Waals surface area (Å²) >= 11 is 6.10. The maximum absolute atomic E-state index is 11.9. The second-order valence-corrected chi connectivity index (χ2v) is 11.2. The third kappa shape index (κ3) is 6.80. The van der Waals surface area contributed by atoms with Gasteiger partial charge in [-0.25, -0.2) is 0 Å². The number of hydrogen-bond acceptors (Lipinski definition) is 4. The smallest absolute Gasteiger partial charge is 0.0991 e. The first-order valence-corrected chi connectivity index (χ1v) is 13.4. The van der Waals surface area contributed by atoms with Gasteiger partial charge >= 0.3 is 0 Å². The van der Waals surface area contributed by atoms with Crippen LogP contribution < -0.4 is 5.32 Å². The molecule has 3 aromatic carbocycles. The number of nitriles is 2. The van der Waals surface area contributed by atoms with Crippen LogP contribution in [0.3, 0.4) is 0 Å². The van der Waals surface area contributed by atoms with Crippen molar-refractivity contribution in [1.29, 1.82) is 10.5 Å². The van der Waals surface area contributed by atoms with Crippen LogP contribution in [0.1, 0.15) is 55.0 Å². The summed E-state index contributed by atoms with van der Waals surface area (Å²) in [5.74, 6) is 0.0453. The van der Waals surface area contributed by atoms with Crippen molar-refractivity contribution in [3.8, 4) is 12.1 Å². The van der Waals surface area contributed by atoms with Crippen molar-refractivity contribution >= 4 is 22.4 Å². The van der Waals surface area contributed by atoms with E-state index >= 15 is 0 Å². The summed E-state index contributed by atoms with van der Waals surface area (Å²) in [5, 5.41) is 23.9. The van der Waals surface area contributed by atoms with Gasteiger partial charge in [-0.3, -0.25) is 4.21 Å². The van der Waals surface area contributed by atoms with Gasteiger partial charge in [0.2, 0.25) is 0 Å². The highest BCUT2D eigenvalue weighted by atomic mass is 35.5. The van der Waals surface area contributed by atoms with Crippen LogP contribution in [-0.2, 0) is 17.2 Å². The fraction of sp³-hybridized carbons (Fsp3) is 0.310. The molecule has 0 heterocycles. The standard InChI is InChI=1S/C29H30ClN3OS/c1-20(33-28(29(2,3)19-32)23-10-14-26(15-11-23)35(4)34)27(17-21-8-12-25(30)13-9-21)24-7-5-6-22(16-24)18-31/h5-16,20,27-28,33H,17H2,1-4H3. The monoisotopic (exact) mass is 503 g/mol. The van der Waals surface area contributed by atoms with Crippen LogP contribution in [0.4, 0.5) is 0 Å². The second-order valence-electron chi connectivity index (χ2n) is 9.42. The Morgan fingerprint density at radius 2 is 1.66 bits per heavy atom. The highest BCUT2D eigenvalue weighted by Crippen LogP contribution is 2.36. The van der Waals surface area contributed by atoms with Crippen molar-refractivity contribution in [2.45, 2.75) is 50.1 Å². The zero-order chi connectivity index (χ0) is 25.6. The number of hydrogen-bond donors (Lipinski definition) is 1. The molecule has 0 radical (unpaired) electrons. The molecule has 4 unspecified atom stereocenters. The molecule has 0 aliphatic carbocycles. The largest absolute Gasteiger partial charge is 0.305 e. The molecule has 0 aliphatic rings. The van der Waals surface area contributed by atoms with Crippen molar-refractivity contribution in [3.05, 3.63) is 100 Å². The number of rotatable bonds is 9. The van der Waals surface area contributed by atoms with Gasteiger partial charge in [-0.05, 0) is 80.3 Å². The lowest BCUT2D eigenvalue weighted by molar-refractivity contribution is 0.281. The highest BCUT2D eigenvalue weighted by molar-refractivity contribution is 7.84. The maximum atomic E-state index is 11.9. The SMILES string of the molecule is CC(NC(c1ccc(S(C)=O)cc1)C(C)(C)C#N)C(Cc1ccc(Cl)cc1)c1cccc(C#N)c1. The average Bonchev–Trinajstić information content (AvgIpc) is 2.86. The first kappa shape index (κ1) is 26.6. The first-order chi connectivity index (χ1) is 16.6. The van der Waals surface area contributed by atoms with Crippen molar-refractivity contribution < 1.29 is 4.21 Å². The molecule has 4 nitrogen and oxygen atoms in total. The molecule has 0 saturated carbocycles. The van der Waals surface area contributed by atoms with E-state index in [0.29, 0.717) is 10.6 Å². The summed E-state index contributed by atoms with van der Waals surface area (Å²) in [4.78, 5) is 0.754. The van der Waals surface area contributed by atoms with E-state index in [2.05, 4.69) is 30.4 Å². The summed E-state index contributed by atoms with van der Waals surface area (Å²) in [5.41, 5.74) is 3.09. The number of benzene rings is 3. The van der Waals surface area contributed by atoms with Gasteiger partial charge < -0.3 is 5.32 Å². The van der Waals surface area contributed by atoms with Gasteiger partial charge in [0.05, 0.1) is 29.2 Å². The molecule has 0 spiro atoms. The molecule has 0 fully saturated rings. The fourth-order valence-electron chi connectivity index (χ4n) is 4.31. The quantitative estimate of drug-likeness (QED) is 0.359. The topological polar surface area (TPSA) is 76.7 Å². The molecule has 3 aromatic rings. The molecule has 0 aromatic heterocycles.